The lowest BCUT2D eigenvalue weighted by Crippen LogP contribution is -2.45. The van der Waals surface area contributed by atoms with Crippen LogP contribution in [0.25, 0.3) is 0 Å². The van der Waals surface area contributed by atoms with Gasteiger partial charge in [-0.3, -0.25) is 9.69 Å². The molecule has 1 rings (SSSR count). The van der Waals surface area contributed by atoms with Gasteiger partial charge in [0, 0.05) is 31.8 Å². The van der Waals surface area contributed by atoms with Gasteiger partial charge in [0.1, 0.15) is 0 Å². The minimum absolute atomic E-state index is 0.000703. The van der Waals surface area contributed by atoms with Gasteiger partial charge in [-0.15, -0.1) is 0 Å². The normalized spacial score (nSPS) is 18.9. The zero-order valence-corrected chi connectivity index (χ0v) is 10.5. The summed E-state index contributed by atoms with van der Waals surface area (Å²) in [5, 5.41) is 2.96. The third-order valence-electron chi connectivity index (χ3n) is 2.44. The monoisotopic (exact) mass is 226 g/mol. The highest BCUT2D eigenvalue weighted by atomic mass is 16.5. The van der Waals surface area contributed by atoms with Crippen LogP contribution in [0.3, 0.4) is 0 Å². The van der Waals surface area contributed by atoms with E-state index in [1.165, 1.54) is 0 Å². The maximum atomic E-state index is 11.5. The molecule has 92 valence electrons. The molecule has 1 saturated heterocycles. The molecule has 1 atom stereocenters. The largest absolute Gasteiger partial charge is 0.379 e. The molecule has 0 spiro atoms. The molecule has 0 radical (unpaired) electrons. The fourth-order valence-corrected chi connectivity index (χ4v) is 1.76. The first-order valence-electron chi connectivity index (χ1n) is 5.83. The number of allylic oxidation sites excluding steroid dienone is 1. The Balaban J connectivity index is 2.26. The molecule has 1 aliphatic rings. The average Bonchev–Trinajstić information content (AvgIpc) is 2.17. The van der Waals surface area contributed by atoms with Gasteiger partial charge in [-0.2, -0.15) is 0 Å². The van der Waals surface area contributed by atoms with Crippen molar-refractivity contribution in [3.63, 3.8) is 0 Å². The molecule has 0 unspecified atom stereocenters. The lowest BCUT2D eigenvalue weighted by Gasteiger charge is -2.29. The van der Waals surface area contributed by atoms with Gasteiger partial charge in [0.05, 0.1) is 13.2 Å². The molecule has 1 aliphatic heterocycles. The lowest BCUT2D eigenvalue weighted by molar-refractivity contribution is -0.117. The molecular weight excluding hydrogens is 204 g/mol. The number of rotatable bonds is 4. The topological polar surface area (TPSA) is 41.6 Å². The van der Waals surface area contributed by atoms with Gasteiger partial charge in [0.15, 0.2) is 0 Å². The lowest BCUT2D eigenvalue weighted by atomic mass is 10.2. The second-order valence-corrected chi connectivity index (χ2v) is 4.54. The third-order valence-corrected chi connectivity index (χ3v) is 2.44. The predicted octanol–water partition coefficient (Wildman–Crippen LogP) is 0.789. The Kier molecular flexibility index (Phi) is 5.49. The van der Waals surface area contributed by atoms with Gasteiger partial charge in [0.2, 0.25) is 5.91 Å². The number of nitrogens with zero attached hydrogens (tertiary/aromatic N) is 1. The maximum Gasteiger partial charge on any atom is 0.244 e. The van der Waals surface area contributed by atoms with Crippen LogP contribution >= 0.6 is 0 Å². The number of ether oxygens (including phenoxy) is 1. The Morgan fingerprint density at radius 3 is 2.62 bits per heavy atom. The van der Waals surface area contributed by atoms with Crippen molar-refractivity contribution in [2.45, 2.75) is 26.8 Å². The molecule has 0 aromatic rings. The second kappa shape index (κ2) is 6.66. The van der Waals surface area contributed by atoms with Crippen LogP contribution in [0.2, 0.25) is 0 Å². The van der Waals surface area contributed by atoms with Crippen molar-refractivity contribution in [1.82, 2.24) is 10.2 Å². The Labute approximate surface area is 97.6 Å². The van der Waals surface area contributed by atoms with Gasteiger partial charge in [-0.1, -0.05) is 5.57 Å². The number of nitrogens with one attached hydrogen (secondary N) is 1. The van der Waals surface area contributed by atoms with Crippen LogP contribution in [-0.4, -0.2) is 49.7 Å². The first-order valence-corrected chi connectivity index (χ1v) is 5.83. The number of hydrogen-bond acceptors (Lipinski definition) is 3. The van der Waals surface area contributed by atoms with Gasteiger partial charge in [0.25, 0.3) is 0 Å². The smallest absolute Gasteiger partial charge is 0.244 e. The summed E-state index contributed by atoms with van der Waals surface area (Å²) >= 11 is 0. The SMILES string of the molecule is CC(C)=CC(=O)N[C@H](C)CN1CCOCC1. The van der Waals surface area contributed by atoms with E-state index in [0.29, 0.717) is 0 Å². The minimum Gasteiger partial charge on any atom is -0.379 e. The van der Waals surface area contributed by atoms with Gasteiger partial charge < -0.3 is 10.1 Å². The number of carbonyl (C=O) groups is 1. The summed E-state index contributed by atoms with van der Waals surface area (Å²) in [5.41, 5.74) is 1.02. The van der Waals surface area contributed by atoms with Crippen molar-refractivity contribution in [2.75, 3.05) is 32.8 Å². The highest BCUT2D eigenvalue weighted by Crippen LogP contribution is 1.98. The minimum atomic E-state index is 0.000703. The zero-order chi connectivity index (χ0) is 12.0. The van der Waals surface area contributed by atoms with Crippen LogP contribution in [0.1, 0.15) is 20.8 Å². The molecule has 4 nitrogen and oxygen atoms in total. The van der Waals surface area contributed by atoms with Crippen molar-refractivity contribution in [3.05, 3.63) is 11.6 Å². The van der Waals surface area contributed by atoms with Crippen LogP contribution in [0.5, 0.6) is 0 Å². The zero-order valence-electron chi connectivity index (χ0n) is 10.5. The molecule has 0 bridgehead atoms. The van der Waals surface area contributed by atoms with Crippen LogP contribution in [0.4, 0.5) is 0 Å². The quantitative estimate of drug-likeness (QED) is 0.721. The standard InChI is InChI=1S/C12H22N2O2/c1-10(2)8-12(15)13-11(3)9-14-4-6-16-7-5-14/h8,11H,4-7,9H2,1-3H3,(H,13,15)/t11-/m1/s1. The van der Waals surface area contributed by atoms with E-state index < -0.39 is 0 Å². The molecule has 1 N–H and O–H groups in total. The first kappa shape index (κ1) is 13.2. The Morgan fingerprint density at radius 1 is 1.44 bits per heavy atom. The Hall–Kier alpha value is -0.870. The molecule has 4 heteroatoms. The third kappa shape index (κ3) is 5.28. The van der Waals surface area contributed by atoms with Crippen LogP contribution < -0.4 is 5.32 Å². The molecule has 16 heavy (non-hydrogen) atoms. The number of morpholine rings is 1. The van der Waals surface area contributed by atoms with Crippen LogP contribution in [-0.2, 0) is 9.53 Å². The molecular formula is C12H22N2O2. The molecule has 1 heterocycles. The highest BCUT2D eigenvalue weighted by molar-refractivity contribution is 5.88. The average molecular weight is 226 g/mol. The summed E-state index contributed by atoms with van der Waals surface area (Å²) in [5.74, 6) is 0.000703. The van der Waals surface area contributed by atoms with Crippen molar-refractivity contribution in [3.8, 4) is 0 Å². The van der Waals surface area contributed by atoms with E-state index in [1.807, 2.05) is 20.8 Å². The summed E-state index contributed by atoms with van der Waals surface area (Å²) in [6.45, 7) is 10.3. The van der Waals surface area contributed by atoms with E-state index in [4.69, 9.17) is 4.74 Å². The fraction of sp³-hybridized carbons (Fsp3) is 0.750. The Bertz CT molecular complexity index is 254. The highest BCUT2D eigenvalue weighted by Gasteiger charge is 2.14. The maximum absolute atomic E-state index is 11.5. The fourth-order valence-electron chi connectivity index (χ4n) is 1.76. The number of amides is 1. The first-order chi connectivity index (χ1) is 7.58. The molecule has 1 amide bonds. The van der Waals surface area contributed by atoms with Crippen molar-refractivity contribution in [2.24, 2.45) is 0 Å². The summed E-state index contributed by atoms with van der Waals surface area (Å²) in [4.78, 5) is 13.8. The van der Waals surface area contributed by atoms with Gasteiger partial charge in [-0.25, -0.2) is 0 Å². The van der Waals surface area contributed by atoms with Gasteiger partial charge >= 0.3 is 0 Å². The van der Waals surface area contributed by atoms with Crippen molar-refractivity contribution >= 4 is 5.91 Å². The van der Waals surface area contributed by atoms with Crippen LogP contribution in [0, 0.1) is 0 Å². The van der Waals surface area contributed by atoms with Crippen molar-refractivity contribution < 1.29 is 9.53 Å². The summed E-state index contributed by atoms with van der Waals surface area (Å²) in [6.07, 6.45) is 1.63. The molecule has 0 aromatic carbocycles. The summed E-state index contributed by atoms with van der Waals surface area (Å²) in [6, 6.07) is 0.182. The molecule has 1 fully saturated rings. The van der Waals surface area contributed by atoms with E-state index >= 15 is 0 Å². The summed E-state index contributed by atoms with van der Waals surface area (Å²) in [7, 11) is 0. The van der Waals surface area contributed by atoms with E-state index in [9.17, 15) is 4.79 Å². The number of hydrogen-bond donors (Lipinski definition) is 1. The predicted molar refractivity (Wildman–Crippen MR) is 64.3 cm³/mol. The number of carbonyl (C=O) groups excluding carboxylic acids is 1. The van der Waals surface area contributed by atoms with E-state index in [-0.39, 0.29) is 11.9 Å². The Morgan fingerprint density at radius 2 is 2.06 bits per heavy atom. The summed E-state index contributed by atoms with van der Waals surface area (Å²) < 4.78 is 5.28. The van der Waals surface area contributed by atoms with Crippen molar-refractivity contribution in [1.29, 1.82) is 0 Å². The van der Waals surface area contributed by atoms with Crippen LogP contribution in [0.15, 0.2) is 11.6 Å². The molecule has 0 aliphatic carbocycles. The van der Waals surface area contributed by atoms with E-state index in [2.05, 4.69) is 10.2 Å². The van der Waals surface area contributed by atoms with E-state index in [1.54, 1.807) is 6.08 Å². The van der Waals surface area contributed by atoms with Gasteiger partial charge in [-0.05, 0) is 20.8 Å². The molecule has 0 saturated carbocycles. The molecule has 0 aromatic heterocycles. The second-order valence-electron chi connectivity index (χ2n) is 4.54. The van der Waals surface area contributed by atoms with E-state index in [0.717, 1.165) is 38.4 Å².